The van der Waals surface area contributed by atoms with E-state index in [1.54, 1.807) is 12.3 Å². The second kappa shape index (κ2) is 2.88. The van der Waals surface area contributed by atoms with Crippen molar-refractivity contribution < 1.29 is 4.79 Å². The summed E-state index contributed by atoms with van der Waals surface area (Å²) in [5.41, 5.74) is 3.10. The molecule has 0 N–H and O–H groups in total. The number of isocyanates is 1. The minimum Gasteiger partial charge on any atom is -0.262 e. The Morgan fingerprint density at radius 2 is 2.33 bits per heavy atom. The van der Waals surface area contributed by atoms with Gasteiger partial charge in [-0.05, 0) is 30.4 Å². The van der Waals surface area contributed by atoms with Crippen molar-refractivity contribution in [3.63, 3.8) is 0 Å². The molecule has 0 amide bonds. The first-order valence-electron chi connectivity index (χ1n) is 3.95. The van der Waals surface area contributed by atoms with Crippen molar-refractivity contribution in [1.29, 1.82) is 0 Å². The van der Waals surface area contributed by atoms with Crippen LogP contribution in [0.2, 0.25) is 0 Å². The molecule has 12 heavy (non-hydrogen) atoms. The van der Waals surface area contributed by atoms with Gasteiger partial charge in [-0.2, -0.15) is 4.99 Å². The Balaban J connectivity index is 2.56. The van der Waals surface area contributed by atoms with Gasteiger partial charge in [0.1, 0.15) is 0 Å². The number of nitrogens with zero attached hydrogens (tertiary/aromatic N) is 2. The fourth-order valence-electron chi connectivity index (χ4n) is 1.62. The zero-order valence-electron chi connectivity index (χ0n) is 6.58. The van der Waals surface area contributed by atoms with Gasteiger partial charge in [0.2, 0.25) is 6.08 Å². The summed E-state index contributed by atoms with van der Waals surface area (Å²) in [5.74, 6) is 0. The summed E-state index contributed by atoms with van der Waals surface area (Å²) in [6.07, 6.45) is 8.24. The summed E-state index contributed by atoms with van der Waals surface area (Å²) in [5, 5.41) is 0. The molecule has 3 heteroatoms. The van der Waals surface area contributed by atoms with E-state index < -0.39 is 0 Å². The van der Waals surface area contributed by atoms with Crippen molar-refractivity contribution in [3.8, 4) is 0 Å². The largest absolute Gasteiger partial charge is 0.262 e. The van der Waals surface area contributed by atoms with Crippen LogP contribution in [0.3, 0.4) is 0 Å². The molecule has 60 valence electrons. The summed E-state index contributed by atoms with van der Waals surface area (Å²) in [4.78, 5) is 17.7. The van der Waals surface area contributed by atoms with Crippen LogP contribution in [0.4, 0.5) is 5.69 Å². The van der Waals surface area contributed by atoms with Crippen LogP contribution in [0.5, 0.6) is 0 Å². The van der Waals surface area contributed by atoms with E-state index in [-0.39, 0.29) is 0 Å². The van der Waals surface area contributed by atoms with Gasteiger partial charge in [0.25, 0.3) is 0 Å². The second-order valence-corrected chi connectivity index (χ2v) is 2.85. The smallest absolute Gasteiger partial charge is 0.240 e. The third-order valence-electron chi connectivity index (χ3n) is 2.16. The number of aliphatic imine (C=N–C) groups is 1. The first-order chi connectivity index (χ1) is 5.92. The summed E-state index contributed by atoms with van der Waals surface area (Å²) < 4.78 is 0. The van der Waals surface area contributed by atoms with Crippen molar-refractivity contribution in [2.75, 3.05) is 0 Å². The van der Waals surface area contributed by atoms with Crippen LogP contribution >= 0.6 is 0 Å². The highest BCUT2D eigenvalue weighted by Gasteiger charge is 2.14. The first-order valence-corrected chi connectivity index (χ1v) is 3.95. The maximum absolute atomic E-state index is 10.1. The molecule has 0 saturated carbocycles. The van der Waals surface area contributed by atoms with E-state index in [0.717, 1.165) is 19.3 Å². The van der Waals surface area contributed by atoms with E-state index in [9.17, 15) is 4.79 Å². The standard InChI is InChI=1S/C9H8N2O/c12-6-11-9-5-10-4-7-2-1-3-8(7)9/h4-5H,1-3H2. The lowest BCUT2D eigenvalue weighted by Gasteiger charge is -1.98. The third kappa shape index (κ3) is 1.04. The normalized spacial score (nSPS) is 13.7. The average Bonchev–Trinajstić information content (AvgIpc) is 2.53. The molecule has 0 saturated heterocycles. The highest BCUT2D eigenvalue weighted by Crippen LogP contribution is 2.28. The zero-order valence-corrected chi connectivity index (χ0v) is 6.58. The molecule has 0 spiro atoms. The van der Waals surface area contributed by atoms with Crippen LogP contribution in [0, 0.1) is 0 Å². The molecule has 0 aliphatic heterocycles. The fourth-order valence-corrected chi connectivity index (χ4v) is 1.62. The molecule has 1 aliphatic carbocycles. The van der Waals surface area contributed by atoms with Crippen molar-refractivity contribution in [2.45, 2.75) is 19.3 Å². The molecule has 3 nitrogen and oxygen atoms in total. The maximum atomic E-state index is 10.1. The minimum absolute atomic E-state index is 0.694. The predicted octanol–water partition coefficient (Wildman–Crippen LogP) is 1.54. The van der Waals surface area contributed by atoms with Crippen molar-refractivity contribution in [1.82, 2.24) is 4.98 Å². The van der Waals surface area contributed by atoms with Crippen LogP contribution in [0.15, 0.2) is 17.4 Å². The van der Waals surface area contributed by atoms with Gasteiger partial charge < -0.3 is 0 Å². The lowest BCUT2D eigenvalue weighted by Crippen LogP contribution is -1.84. The molecule has 0 atom stereocenters. The molecule has 0 fully saturated rings. The van der Waals surface area contributed by atoms with Gasteiger partial charge in [0.05, 0.1) is 11.9 Å². The van der Waals surface area contributed by atoms with E-state index in [4.69, 9.17) is 0 Å². The second-order valence-electron chi connectivity index (χ2n) is 2.85. The first kappa shape index (κ1) is 7.19. The number of fused-ring (bicyclic) bond motifs is 1. The molecule has 2 rings (SSSR count). The lowest BCUT2D eigenvalue weighted by molar-refractivity contribution is 0.565. The molecule has 0 bridgehead atoms. The van der Waals surface area contributed by atoms with Crippen LogP contribution < -0.4 is 0 Å². The lowest BCUT2D eigenvalue weighted by atomic mass is 10.1. The quantitative estimate of drug-likeness (QED) is 0.462. The zero-order chi connectivity index (χ0) is 8.39. The van der Waals surface area contributed by atoms with Gasteiger partial charge in [-0.15, -0.1) is 0 Å². The van der Waals surface area contributed by atoms with Gasteiger partial charge in [-0.3, -0.25) is 4.98 Å². The molecule has 1 aromatic heterocycles. The molecular formula is C9H8N2O. The Morgan fingerprint density at radius 1 is 1.42 bits per heavy atom. The summed E-state index contributed by atoms with van der Waals surface area (Å²) >= 11 is 0. The number of rotatable bonds is 1. The van der Waals surface area contributed by atoms with Crippen LogP contribution in [0.1, 0.15) is 17.5 Å². The number of aryl methyl sites for hydroxylation is 1. The highest BCUT2D eigenvalue weighted by molar-refractivity contribution is 5.55. The molecule has 1 heterocycles. The van der Waals surface area contributed by atoms with Gasteiger partial charge in [0.15, 0.2) is 0 Å². The van der Waals surface area contributed by atoms with Gasteiger partial charge >= 0.3 is 0 Å². The van der Waals surface area contributed by atoms with E-state index >= 15 is 0 Å². The minimum atomic E-state index is 0.694. The molecular weight excluding hydrogens is 152 g/mol. The Morgan fingerprint density at radius 3 is 3.17 bits per heavy atom. The van der Waals surface area contributed by atoms with E-state index in [2.05, 4.69) is 9.98 Å². The number of pyridine rings is 1. The van der Waals surface area contributed by atoms with E-state index in [0.29, 0.717) is 5.69 Å². The Bertz CT molecular complexity index is 354. The molecule has 0 unspecified atom stereocenters. The van der Waals surface area contributed by atoms with Gasteiger partial charge in [-0.25, -0.2) is 4.79 Å². The highest BCUT2D eigenvalue weighted by atomic mass is 16.1. The average molecular weight is 160 g/mol. The number of aromatic nitrogens is 1. The van der Waals surface area contributed by atoms with Crippen molar-refractivity contribution in [2.24, 2.45) is 4.99 Å². The number of hydrogen-bond acceptors (Lipinski definition) is 3. The summed E-state index contributed by atoms with van der Waals surface area (Å²) in [7, 11) is 0. The topological polar surface area (TPSA) is 42.3 Å². The van der Waals surface area contributed by atoms with Crippen LogP contribution in [-0.2, 0) is 17.6 Å². The number of hydrogen-bond donors (Lipinski definition) is 0. The summed E-state index contributed by atoms with van der Waals surface area (Å²) in [6.45, 7) is 0. The SMILES string of the molecule is O=C=Nc1cncc2c1CCC2. The number of carbonyl (C=O) groups excluding carboxylic acids is 1. The molecule has 0 radical (unpaired) electrons. The molecule has 0 aromatic carbocycles. The Kier molecular flexibility index (Phi) is 1.72. The van der Waals surface area contributed by atoms with Gasteiger partial charge in [0, 0.05) is 6.20 Å². The van der Waals surface area contributed by atoms with E-state index in [1.807, 2.05) is 6.20 Å². The molecule has 1 aromatic rings. The van der Waals surface area contributed by atoms with Crippen molar-refractivity contribution >= 4 is 11.8 Å². The Labute approximate surface area is 70.2 Å². The third-order valence-corrected chi connectivity index (χ3v) is 2.16. The van der Waals surface area contributed by atoms with Crippen molar-refractivity contribution in [3.05, 3.63) is 23.5 Å². The fraction of sp³-hybridized carbons (Fsp3) is 0.333. The summed E-state index contributed by atoms with van der Waals surface area (Å²) in [6, 6.07) is 0. The van der Waals surface area contributed by atoms with Gasteiger partial charge in [-0.1, -0.05) is 0 Å². The Hall–Kier alpha value is -1.47. The van der Waals surface area contributed by atoms with E-state index in [1.165, 1.54) is 11.1 Å². The predicted molar refractivity (Wildman–Crippen MR) is 44.0 cm³/mol. The molecule has 1 aliphatic rings. The van der Waals surface area contributed by atoms with Crippen LogP contribution in [-0.4, -0.2) is 11.1 Å². The maximum Gasteiger partial charge on any atom is 0.240 e. The monoisotopic (exact) mass is 160 g/mol. The van der Waals surface area contributed by atoms with Crippen LogP contribution in [0.25, 0.3) is 0 Å².